The topological polar surface area (TPSA) is 43.4 Å². The van der Waals surface area contributed by atoms with E-state index in [1.807, 2.05) is 6.07 Å². The van der Waals surface area contributed by atoms with Crippen molar-refractivity contribution in [3.8, 4) is 0 Å². The summed E-state index contributed by atoms with van der Waals surface area (Å²) < 4.78 is 5.92. The monoisotopic (exact) mass is 398 g/mol. The highest BCUT2D eigenvalue weighted by Crippen LogP contribution is 2.43. The summed E-state index contributed by atoms with van der Waals surface area (Å²) in [6.07, 6.45) is 10.2. The van der Waals surface area contributed by atoms with Crippen molar-refractivity contribution in [2.45, 2.75) is 90.6 Å². The molecule has 3 atom stereocenters. The number of carbonyl (C=O) groups excluding carboxylic acids is 2. The lowest BCUT2D eigenvalue weighted by molar-refractivity contribution is -0.157. The van der Waals surface area contributed by atoms with E-state index in [2.05, 4.69) is 64.1 Å². The van der Waals surface area contributed by atoms with Gasteiger partial charge < -0.3 is 4.74 Å². The second-order valence-corrected chi connectivity index (χ2v) is 9.13. The molecule has 3 nitrogen and oxygen atoms in total. The van der Waals surface area contributed by atoms with Crippen LogP contribution in [0.15, 0.2) is 42.5 Å². The molecule has 2 rings (SSSR count). The fraction of sp³-hybridized carbons (Fsp3) is 0.615. The van der Waals surface area contributed by atoms with E-state index >= 15 is 0 Å². The van der Waals surface area contributed by atoms with E-state index in [9.17, 15) is 9.59 Å². The minimum atomic E-state index is -0.355. The predicted molar refractivity (Wildman–Crippen MR) is 119 cm³/mol. The first-order valence-electron chi connectivity index (χ1n) is 11.3. The third-order valence-electron chi connectivity index (χ3n) is 6.35. The molecule has 0 aliphatic heterocycles. The van der Waals surface area contributed by atoms with Crippen LogP contribution in [0.25, 0.3) is 0 Å². The quantitative estimate of drug-likeness (QED) is 0.198. The van der Waals surface area contributed by atoms with Crippen molar-refractivity contribution >= 4 is 11.8 Å². The van der Waals surface area contributed by atoms with Crippen LogP contribution in [0, 0.1) is 11.8 Å². The molecule has 0 saturated heterocycles. The van der Waals surface area contributed by atoms with E-state index in [0.717, 1.165) is 38.5 Å². The van der Waals surface area contributed by atoms with Crippen molar-refractivity contribution in [1.82, 2.24) is 0 Å². The summed E-state index contributed by atoms with van der Waals surface area (Å²) >= 11 is 0. The van der Waals surface area contributed by atoms with E-state index in [-0.39, 0.29) is 35.6 Å². The largest absolute Gasteiger partial charge is 0.462 e. The molecule has 0 amide bonds. The molecule has 3 heteroatoms. The van der Waals surface area contributed by atoms with Crippen molar-refractivity contribution in [3.63, 3.8) is 0 Å². The van der Waals surface area contributed by atoms with Crippen molar-refractivity contribution in [2.75, 3.05) is 0 Å². The van der Waals surface area contributed by atoms with E-state index < -0.39 is 0 Å². The fourth-order valence-electron chi connectivity index (χ4n) is 4.53. The Hall–Kier alpha value is -1.90. The summed E-state index contributed by atoms with van der Waals surface area (Å²) in [6.45, 7) is 8.81. The van der Waals surface area contributed by atoms with Crippen LogP contribution < -0.4 is 0 Å². The standard InChI is InChI=1S/C26H38O3/c1-5-6-7-8-12-15-22(27)19-25(28)29-24-18-20(2)16-17-23(24)26(3,4)21-13-10-9-11-14-21/h6-7,9-11,13-14,20,23-24H,5,8,12,15-19H2,1-4H3/b7-6-/t20-,23-,24-/m1/s1. The molecule has 1 fully saturated rings. The first kappa shape index (κ1) is 23.4. The number of esters is 1. The Balaban J connectivity index is 1.95. The van der Waals surface area contributed by atoms with Crippen LogP contribution in [0.1, 0.15) is 84.6 Å². The Kier molecular flexibility index (Phi) is 9.13. The molecule has 0 bridgehead atoms. The van der Waals surface area contributed by atoms with Gasteiger partial charge in [0.1, 0.15) is 18.3 Å². The first-order valence-corrected chi connectivity index (χ1v) is 11.3. The smallest absolute Gasteiger partial charge is 0.313 e. The third kappa shape index (κ3) is 7.13. The maximum atomic E-state index is 12.5. The zero-order valence-corrected chi connectivity index (χ0v) is 18.7. The normalized spacial score (nSPS) is 22.6. The number of ketones is 1. The van der Waals surface area contributed by atoms with Crippen LogP contribution in [0.4, 0.5) is 0 Å². The second-order valence-electron chi connectivity index (χ2n) is 9.13. The average molecular weight is 399 g/mol. The SMILES string of the molecule is CC/C=C\CCCC(=O)CC(=O)O[C@@H]1C[C@H](C)CC[C@H]1C(C)(C)c1ccccc1. The molecule has 1 aliphatic rings. The zero-order chi connectivity index (χ0) is 21.3. The molecule has 29 heavy (non-hydrogen) atoms. The number of ether oxygens (including phenoxy) is 1. The molecule has 0 spiro atoms. The highest BCUT2D eigenvalue weighted by Gasteiger charge is 2.42. The molecule has 160 valence electrons. The summed E-state index contributed by atoms with van der Waals surface area (Å²) in [7, 11) is 0. The van der Waals surface area contributed by atoms with Gasteiger partial charge in [-0.1, -0.05) is 76.6 Å². The van der Waals surface area contributed by atoms with Crippen LogP contribution in [0.2, 0.25) is 0 Å². The van der Waals surface area contributed by atoms with Crippen LogP contribution in [-0.4, -0.2) is 17.9 Å². The van der Waals surface area contributed by atoms with Crippen molar-refractivity contribution in [3.05, 3.63) is 48.0 Å². The van der Waals surface area contributed by atoms with Crippen LogP contribution in [-0.2, 0) is 19.7 Å². The van der Waals surface area contributed by atoms with E-state index in [4.69, 9.17) is 4.74 Å². The van der Waals surface area contributed by atoms with Gasteiger partial charge in [-0.05, 0) is 49.0 Å². The van der Waals surface area contributed by atoms with E-state index in [1.54, 1.807) is 0 Å². The second kappa shape index (κ2) is 11.3. The molecule has 1 aromatic carbocycles. The summed E-state index contributed by atoms with van der Waals surface area (Å²) in [5.74, 6) is 0.436. The van der Waals surface area contributed by atoms with Gasteiger partial charge in [-0.3, -0.25) is 9.59 Å². The lowest BCUT2D eigenvalue weighted by Gasteiger charge is -2.44. The highest BCUT2D eigenvalue weighted by molar-refractivity contribution is 5.95. The average Bonchev–Trinajstić information content (AvgIpc) is 2.68. The van der Waals surface area contributed by atoms with Gasteiger partial charge in [0.25, 0.3) is 0 Å². The lowest BCUT2D eigenvalue weighted by atomic mass is 9.64. The number of Topliss-reactive ketones (excluding diaryl/α,β-unsaturated/α-hetero) is 1. The molecule has 0 heterocycles. The van der Waals surface area contributed by atoms with Gasteiger partial charge in [0.2, 0.25) is 0 Å². The maximum absolute atomic E-state index is 12.5. The van der Waals surface area contributed by atoms with Gasteiger partial charge >= 0.3 is 5.97 Å². The highest BCUT2D eigenvalue weighted by atomic mass is 16.5. The molecule has 1 aliphatic carbocycles. The number of carbonyl (C=O) groups is 2. The first-order chi connectivity index (χ1) is 13.8. The minimum Gasteiger partial charge on any atom is -0.462 e. The van der Waals surface area contributed by atoms with Crippen molar-refractivity contribution < 1.29 is 14.3 Å². The summed E-state index contributed by atoms with van der Waals surface area (Å²) in [6, 6.07) is 10.5. The van der Waals surface area contributed by atoms with E-state index in [1.165, 1.54) is 5.56 Å². The summed E-state index contributed by atoms with van der Waals surface area (Å²) in [5.41, 5.74) is 1.19. The van der Waals surface area contributed by atoms with Crippen LogP contribution in [0.3, 0.4) is 0 Å². The lowest BCUT2D eigenvalue weighted by Crippen LogP contribution is -2.43. The van der Waals surface area contributed by atoms with Crippen LogP contribution >= 0.6 is 0 Å². The molecular weight excluding hydrogens is 360 g/mol. The zero-order valence-electron chi connectivity index (χ0n) is 18.7. The van der Waals surface area contributed by atoms with Crippen molar-refractivity contribution in [2.24, 2.45) is 11.8 Å². The molecule has 0 radical (unpaired) electrons. The molecule has 1 saturated carbocycles. The molecule has 0 unspecified atom stereocenters. The van der Waals surface area contributed by atoms with Crippen molar-refractivity contribution in [1.29, 1.82) is 0 Å². The van der Waals surface area contributed by atoms with Crippen LogP contribution in [0.5, 0.6) is 0 Å². The molecule has 1 aromatic rings. The van der Waals surface area contributed by atoms with Gasteiger partial charge in [0.15, 0.2) is 0 Å². The van der Waals surface area contributed by atoms with Gasteiger partial charge in [0, 0.05) is 12.3 Å². The van der Waals surface area contributed by atoms with Gasteiger partial charge in [-0.25, -0.2) is 0 Å². The summed E-state index contributed by atoms with van der Waals surface area (Å²) in [5, 5.41) is 0. The Labute approximate surface area is 176 Å². The Morgan fingerprint density at radius 3 is 2.55 bits per heavy atom. The van der Waals surface area contributed by atoms with E-state index in [0.29, 0.717) is 12.3 Å². The van der Waals surface area contributed by atoms with Gasteiger partial charge in [0.05, 0.1) is 0 Å². The number of hydrogen-bond donors (Lipinski definition) is 0. The Morgan fingerprint density at radius 2 is 1.86 bits per heavy atom. The number of rotatable bonds is 10. The van der Waals surface area contributed by atoms with Gasteiger partial charge in [-0.2, -0.15) is 0 Å². The minimum absolute atomic E-state index is 0.0115. The maximum Gasteiger partial charge on any atom is 0.313 e. The fourth-order valence-corrected chi connectivity index (χ4v) is 4.53. The molecule has 0 N–H and O–H groups in total. The van der Waals surface area contributed by atoms with Gasteiger partial charge in [-0.15, -0.1) is 0 Å². The number of benzene rings is 1. The summed E-state index contributed by atoms with van der Waals surface area (Å²) in [4.78, 5) is 24.7. The molecule has 0 aromatic heterocycles. The number of allylic oxidation sites excluding steroid dienone is 2. The molecular formula is C26H38O3. The Morgan fingerprint density at radius 1 is 1.14 bits per heavy atom. The predicted octanol–water partition coefficient (Wildman–Crippen LogP) is 6.41. The Bertz CT molecular complexity index is 674. The number of hydrogen-bond acceptors (Lipinski definition) is 3. The third-order valence-corrected chi connectivity index (χ3v) is 6.35. The number of unbranched alkanes of at least 4 members (excludes halogenated alkanes) is 1.